The van der Waals surface area contributed by atoms with Gasteiger partial charge in [0.05, 0.1) is 25.0 Å². The summed E-state index contributed by atoms with van der Waals surface area (Å²) in [6, 6.07) is 7.79. The van der Waals surface area contributed by atoms with Gasteiger partial charge in [-0.3, -0.25) is 0 Å². The first-order valence-corrected chi connectivity index (χ1v) is 10.3. The Kier molecular flexibility index (Phi) is 10.2. The Bertz CT molecular complexity index is 752. The van der Waals surface area contributed by atoms with Crippen LogP contribution in [0, 0.1) is 13.8 Å². The number of aliphatic imine (C=N–C) groups is 1. The van der Waals surface area contributed by atoms with Crippen LogP contribution >= 0.6 is 0 Å². The van der Waals surface area contributed by atoms with E-state index in [2.05, 4.69) is 20.6 Å². The lowest BCUT2D eigenvalue weighted by Gasteiger charge is -2.14. The van der Waals surface area contributed by atoms with Crippen molar-refractivity contribution in [1.82, 2.24) is 10.3 Å². The highest BCUT2D eigenvalue weighted by atomic mass is 16.5. The molecule has 0 radical (unpaired) electrons. The van der Waals surface area contributed by atoms with Crippen LogP contribution in [-0.2, 0) is 16.0 Å². The van der Waals surface area contributed by atoms with Crippen molar-refractivity contribution in [1.29, 1.82) is 0 Å². The molecule has 0 fully saturated rings. The molecule has 0 atom stereocenters. The second kappa shape index (κ2) is 12.9. The Morgan fingerprint density at radius 3 is 2.53 bits per heavy atom. The van der Waals surface area contributed by atoms with Crippen LogP contribution in [0.2, 0.25) is 0 Å². The predicted molar refractivity (Wildman–Crippen MR) is 118 cm³/mol. The topological polar surface area (TPSA) is 90.1 Å². The smallest absolute Gasteiger partial charge is 0.216 e. The number of benzene rings is 1. The molecule has 0 aliphatic rings. The number of methoxy groups -OCH3 is 1. The minimum atomic E-state index is 0.140. The largest absolute Gasteiger partial charge is 0.491 e. The van der Waals surface area contributed by atoms with E-state index in [-0.39, 0.29) is 6.10 Å². The molecule has 8 nitrogen and oxygen atoms in total. The Morgan fingerprint density at radius 1 is 1.13 bits per heavy atom. The molecule has 0 spiro atoms. The molecule has 8 heteroatoms. The third kappa shape index (κ3) is 8.84. The molecular weight excluding hydrogens is 384 g/mol. The molecule has 30 heavy (non-hydrogen) atoms. The van der Waals surface area contributed by atoms with Crippen molar-refractivity contribution in [2.24, 2.45) is 4.99 Å². The Balaban J connectivity index is 1.94. The Morgan fingerprint density at radius 2 is 1.90 bits per heavy atom. The summed E-state index contributed by atoms with van der Waals surface area (Å²) in [4.78, 5) is 9.00. The van der Waals surface area contributed by atoms with Crippen molar-refractivity contribution in [2.75, 3.05) is 38.8 Å². The number of ether oxygens (including phenoxy) is 3. The molecule has 2 rings (SSSR count). The second-order valence-corrected chi connectivity index (χ2v) is 7.12. The monoisotopic (exact) mass is 418 g/mol. The lowest BCUT2D eigenvalue weighted by Crippen LogP contribution is -2.32. The Hall–Kier alpha value is -2.58. The summed E-state index contributed by atoms with van der Waals surface area (Å²) in [6.45, 7) is 10.8. The van der Waals surface area contributed by atoms with E-state index in [0.717, 1.165) is 35.9 Å². The van der Waals surface area contributed by atoms with E-state index in [0.29, 0.717) is 38.2 Å². The second-order valence-electron chi connectivity index (χ2n) is 7.12. The first-order valence-electron chi connectivity index (χ1n) is 10.3. The van der Waals surface area contributed by atoms with Gasteiger partial charge in [0.2, 0.25) is 5.89 Å². The van der Waals surface area contributed by atoms with Crippen LogP contribution in [0.3, 0.4) is 0 Å². The fourth-order valence-corrected chi connectivity index (χ4v) is 2.54. The number of nitrogens with one attached hydrogen (secondary N) is 2. The summed E-state index contributed by atoms with van der Waals surface area (Å²) in [5.41, 5.74) is 1.80. The number of hydrogen-bond acceptors (Lipinski definition) is 6. The summed E-state index contributed by atoms with van der Waals surface area (Å²) in [7, 11) is 1.66. The standard InChI is InChI=1S/C22H34N4O4/c1-16(2)29-20-9-7-19(8-10-20)26-22(23-11-6-12-28-14-13-27-5)24-15-21-25-17(3)18(4)30-21/h7-10,16H,6,11-15H2,1-5H3,(H2,23,24,26). The molecule has 0 aliphatic carbocycles. The maximum atomic E-state index is 5.70. The lowest BCUT2D eigenvalue weighted by molar-refractivity contribution is 0.0699. The number of oxazole rings is 1. The molecule has 0 aliphatic heterocycles. The molecule has 0 amide bonds. The van der Waals surface area contributed by atoms with E-state index in [1.165, 1.54) is 0 Å². The van der Waals surface area contributed by atoms with Gasteiger partial charge in [0, 0.05) is 25.9 Å². The van der Waals surface area contributed by atoms with Gasteiger partial charge in [-0.2, -0.15) is 0 Å². The van der Waals surface area contributed by atoms with E-state index < -0.39 is 0 Å². The van der Waals surface area contributed by atoms with Gasteiger partial charge in [-0.1, -0.05) is 0 Å². The molecule has 2 aromatic rings. The fourth-order valence-electron chi connectivity index (χ4n) is 2.54. The average Bonchev–Trinajstić information content (AvgIpc) is 3.03. The predicted octanol–water partition coefficient (Wildman–Crippen LogP) is 3.69. The van der Waals surface area contributed by atoms with Gasteiger partial charge in [0.25, 0.3) is 0 Å². The zero-order valence-electron chi connectivity index (χ0n) is 18.7. The zero-order valence-corrected chi connectivity index (χ0v) is 18.7. The van der Waals surface area contributed by atoms with Crippen molar-refractivity contribution < 1.29 is 18.6 Å². The first kappa shape index (κ1) is 23.7. The minimum absolute atomic E-state index is 0.140. The molecule has 0 saturated carbocycles. The van der Waals surface area contributed by atoms with Gasteiger partial charge in [-0.15, -0.1) is 0 Å². The van der Waals surface area contributed by atoms with Gasteiger partial charge >= 0.3 is 0 Å². The molecule has 0 saturated heterocycles. The summed E-state index contributed by atoms with van der Waals surface area (Å²) < 4.78 is 21.8. The van der Waals surface area contributed by atoms with E-state index >= 15 is 0 Å². The summed E-state index contributed by atoms with van der Waals surface area (Å²) in [5.74, 6) is 2.89. The molecule has 0 bridgehead atoms. The molecule has 1 heterocycles. The highest BCUT2D eigenvalue weighted by Gasteiger charge is 2.07. The molecule has 166 valence electrons. The van der Waals surface area contributed by atoms with Gasteiger partial charge in [-0.05, 0) is 58.4 Å². The van der Waals surface area contributed by atoms with Gasteiger partial charge in [0.1, 0.15) is 18.1 Å². The third-order valence-corrected chi connectivity index (χ3v) is 4.12. The molecular formula is C22H34N4O4. The van der Waals surface area contributed by atoms with E-state index in [1.54, 1.807) is 7.11 Å². The van der Waals surface area contributed by atoms with Crippen LogP contribution in [0.5, 0.6) is 5.75 Å². The number of aryl methyl sites for hydroxylation is 2. The molecule has 1 aromatic heterocycles. The number of rotatable bonds is 12. The van der Waals surface area contributed by atoms with Crippen LogP contribution in [0.4, 0.5) is 5.69 Å². The number of guanidine groups is 1. The van der Waals surface area contributed by atoms with E-state index in [4.69, 9.17) is 18.6 Å². The third-order valence-electron chi connectivity index (χ3n) is 4.12. The minimum Gasteiger partial charge on any atom is -0.491 e. The average molecular weight is 419 g/mol. The van der Waals surface area contributed by atoms with E-state index in [9.17, 15) is 0 Å². The van der Waals surface area contributed by atoms with Crippen molar-refractivity contribution in [3.63, 3.8) is 0 Å². The van der Waals surface area contributed by atoms with Gasteiger partial charge in [-0.25, -0.2) is 9.98 Å². The van der Waals surface area contributed by atoms with Crippen molar-refractivity contribution in [3.8, 4) is 5.75 Å². The quantitative estimate of drug-likeness (QED) is 0.309. The van der Waals surface area contributed by atoms with Crippen LogP contribution in [-0.4, -0.2) is 50.5 Å². The van der Waals surface area contributed by atoms with Crippen LogP contribution in [0.25, 0.3) is 0 Å². The highest BCUT2D eigenvalue weighted by molar-refractivity contribution is 5.93. The van der Waals surface area contributed by atoms with Crippen molar-refractivity contribution in [2.45, 2.75) is 46.8 Å². The van der Waals surface area contributed by atoms with Gasteiger partial charge in [0.15, 0.2) is 5.96 Å². The van der Waals surface area contributed by atoms with Crippen LogP contribution < -0.4 is 15.4 Å². The van der Waals surface area contributed by atoms with Crippen LogP contribution in [0.1, 0.15) is 37.6 Å². The fraction of sp³-hybridized carbons (Fsp3) is 0.545. The summed E-state index contributed by atoms with van der Waals surface area (Å²) in [5, 5.41) is 6.64. The SMILES string of the molecule is COCCOCCCNC(=NCc1nc(C)c(C)o1)Nc1ccc(OC(C)C)cc1. The number of aromatic nitrogens is 1. The summed E-state index contributed by atoms with van der Waals surface area (Å²) in [6.07, 6.45) is 0.990. The van der Waals surface area contributed by atoms with E-state index in [1.807, 2.05) is 52.0 Å². The molecule has 1 aromatic carbocycles. The number of nitrogens with zero attached hydrogens (tertiary/aromatic N) is 2. The normalized spacial score (nSPS) is 11.7. The highest BCUT2D eigenvalue weighted by Crippen LogP contribution is 2.17. The van der Waals surface area contributed by atoms with Gasteiger partial charge < -0.3 is 29.3 Å². The molecule has 0 unspecified atom stereocenters. The number of hydrogen-bond donors (Lipinski definition) is 2. The van der Waals surface area contributed by atoms with Crippen molar-refractivity contribution in [3.05, 3.63) is 41.6 Å². The molecule has 2 N–H and O–H groups in total. The lowest BCUT2D eigenvalue weighted by atomic mass is 10.3. The van der Waals surface area contributed by atoms with Crippen LogP contribution in [0.15, 0.2) is 33.7 Å². The Labute approximate surface area is 179 Å². The maximum Gasteiger partial charge on any atom is 0.216 e. The number of anilines is 1. The van der Waals surface area contributed by atoms with Crippen molar-refractivity contribution >= 4 is 11.6 Å². The maximum absolute atomic E-state index is 5.70. The zero-order chi connectivity index (χ0) is 21.8. The first-order chi connectivity index (χ1) is 14.5. The summed E-state index contributed by atoms with van der Waals surface area (Å²) >= 11 is 0.